The van der Waals surface area contributed by atoms with Crippen LogP contribution in [0.3, 0.4) is 0 Å². The molecule has 2 nitrogen and oxygen atoms in total. The molecular weight excluding hydrogens is 301 g/mol. The molecule has 2 aromatic rings. The summed E-state index contributed by atoms with van der Waals surface area (Å²) in [5.41, 5.74) is 2.03. The summed E-state index contributed by atoms with van der Waals surface area (Å²) in [5.74, 6) is -0.0421. The number of ketones is 1. The van der Waals surface area contributed by atoms with Crippen molar-refractivity contribution < 1.29 is 9.18 Å². The number of hydrogen-bond acceptors (Lipinski definition) is 2. The highest BCUT2D eigenvalue weighted by Gasteiger charge is 2.25. The molecule has 0 aliphatic carbocycles. The van der Waals surface area contributed by atoms with E-state index in [0.29, 0.717) is 5.56 Å². The molecule has 1 fully saturated rings. The molecule has 1 saturated heterocycles. The molecular formula is C21H24FNO. The van der Waals surface area contributed by atoms with E-state index < -0.39 is 0 Å². The van der Waals surface area contributed by atoms with Gasteiger partial charge in [0.1, 0.15) is 5.82 Å². The summed E-state index contributed by atoms with van der Waals surface area (Å²) < 4.78 is 13.0. The fourth-order valence-corrected chi connectivity index (χ4v) is 3.42. The predicted octanol–water partition coefficient (Wildman–Crippen LogP) is 4.35. The summed E-state index contributed by atoms with van der Waals surface area (Å²) >= 11 is 0. The van der Waals surface area contributed by atoms with Gasteiger partial charge < -0.3 is 4.90 Å². The number of nitrogens with zero attached hydrogens (tertiary/aromatic N) is 1. The molecule has 126 valence electrons. The number of aryl methyl sites for hydroxylation is 1. The van der Waals surface area contributed by atoms with Gasteiger partial charge in [-0.15, -0.1) is 0 Å². The van der Waals surface area contributed by atoms with Crippen LogP contribution >= 0.6 is 0 Å². The lowest BCUT2D eigenvalue weighted by atomic mass is 9.89. The second-order valence-electron chi connectivity index (χ2n) is 6.58. The Balaban J connectivity index is 1.42. The number of halogens is 1. The molecule has 0 spiro atoms. The van der Waals surface area contributed by atoms with Crippen LogP contribution in [-0.4, -0.2) is 30.3 Å². The van der Waals surface area contributed by atoms with Crippen molar-refractivity contribution >= 4 is 5.78 Å². The lowest BCUT2D eigenvalue weighted by molar-refractivity contribution is 0.0839. The van der Waals surface area contributed by atoms with Crippen molar-refractivity contribution in [3.8, 4) is 0 Å². The van der Waals surface area contributed by atoms with Crippen LogP contribution in [0.15, 0.2) is 54.6 Å². The van der Waals surface area contributed by atoms with Gasteiger partial charge in [-0.05, 0) is 75.1 Å². The molecule has 24 heavy (non-hydrogen) atoms. The highest BCUT2D eigenvalue weighted by atomic mass is 19.1. The van der Waals surface area contributed by atoms with Crippen molar-refractivity contribution in [2.45, 2.75) is 25.7 Å². The first-order valence-electron chi connectivity index (χ1n) is 8.78. The molecule has 0 N–H and O–H groups in total. The van der Waals surface area contributed by atoms with Crippen molar-refractivity contribution in [3.05, 3.63) is 71.5 Å². The van der Waals surface area contributed by atoms with E-state index in [2.05, 4.69) is 29.2 Å². The summed E-state index contributed by atoms with van der Waals surface area (Å²) in [4.78, 5) is 14.9. The summed E-state index contributed by atoms with van der Waals surface area (Å²) in [5, 5.41) is 0. The Hall–Kier alpha value is -2.00. The van der Waals surface area contributed by atoms with Crippen LogP contribution < -0.4 is 0 Å². The Morgan fingerprint density at radius 2 is 1.67 bits per heavy atom. The minimum atomic E-state index is -0.292. The molecule has 0 aromatic heterocycles. The second kappa shape index (κ2) is 8.20. The van der Waals surface area contributed by atoms with Crippen LogP contribution in [0, 0.1) is 11.7 Å². The molecule has 3 rings (SSSR count). The Bertz CT molecular complexity index is 645. The number of benzene rings is 2. The van der Waals surface area contributed by atoms with E-state index in [-0.39, 0.29) is 17.5 Å². The Morgan fingerprint density at radius 3 is 2.33 bits per heavy atom. The minimum Gasteiger partial charge on any atom is -0.303 e. The SMILES string of the molecule is O=C(c1ccc(F)cc1)C1CCN(CCCc2ccccc2)CC1. The number of rotatable bonds is 6. The van der Waals surface area contributed by atoms with Crippen LogP contribution in [0.1, 0.15) is 35.2 Å². The zero-order valence-corrected chi connectivity index (χ0v) is 14.0. The lowest BCUT2D eigenvalue weighted by Gasteiger charge is -2.31. The first-order valence-corrected chi connectivity index (χ1v) is 8.78. The Labute approximate surface area is 143 Å². The highest BCUT2D eigenvalue weighted by molar-refractivity contribution is 5.97. The summed E-state index contributed by atoms with van der Waals surface area (Å²) in [7, 11) is 0. The van der Waals surface area contributed by atoms with Crippen molar-refractivity contribution in [3.63, 3.8) is 0 Å². The predicted molar refractivity (Wildman–Crippen MR) is 94.7 cm³/mol. The van der Waals surface area contributed by atoms with Crippen LogP contribution in [0.25, 0.3) is 0 Å². The van der Waals surface area contributed by atoms with Gasteiger partial charge >= 0.3 is 0 Å². The molecule has 2 aromatic carbocycles. The van der Waals surface area contributed by atoms with E-state index in [9.17, 15) is 9.18 Å². The van der Waals surface area contributed by atoms with Gasteiger partial charge in [0.15, 0.2) is 5.78 Å². The fraction of sp³-hybridized carbons (Fsp3) is 0.381. The molecule has 0 atom stereocenters. The van der Waals surface area contributed by atoms with E-state index in [1.807, 2.05) is 6.07 Å². The average molecular weight is 325 g/mol. The van der Waals surface area contributed by atoms with Gasteiger partial charge in [-0.25, -0.2) is 4.39 Å². The maximum Gasteiger partial charge on any atom is 0.166 e. The fourth-order valence-electron chi connectivity index (χ4n) is 3.42. The maximum atomic E-state index is 13.0. The van der Waals surface area contributed by atoms with Crippen molar-refractivity contribution in [2.75, 3.05) is 19.6 Å². The first-order chi connectivity index (χ1) is 11.7. The van der Waals surface area contributed by atoms with E-state index in [1.54, 1.807) is 12.1 Å². The average Bonchev–Trinajstić information content (AvgIpc) is 2.63. The maximum absolute atomic E-state index is 13.0. The molecule has 1 heterocycles. The van der Waals surface area contributed by atoms with Gasteiger partial charge in [0, 0.05) is 11.5 Å². The van der Waals surface area contributed by atoms with Crippen LogP contribution in [0.2, 0.25) is 0 Å². The van der Waals surface area contributed by atoms with E-state index in [0.717, 1.165) is 45.3 Å². The number of carbonyl (C=O) groups is 1. The van der Waals surface area contributed by atoms with Crippen molar-refractivity contribution in [2.24, 2.45) is 5.92 Å². The minimum absolute atomic E-state index is 0.0841. The molecule has 0 saturated carbocycles. The molecule has 0 bridgehead atoms. The van der Waals surface area contributed by atoms with Gasteiger partial charge in [0.2, 0.25) is 0 Å². The van der Waals surface area contributed by atoms with Gasteiger partial charge in [-0.2, -0.15) is 0 Å². The third kappa shape index (κ3) is 4.51. The number of carbonyl (C=O) groups excluding carboxylic acids is 1. The first kappa shape index (κ1) is 16.8. The van der Waals surface area contributed by atoms with Gasteiger partial charge in [-0.1, -0.05) is 30.3 Å². The van der Waals surface area contributed by atoms with Crippen LogP contribution in [0.5, 0.6) is 0 Å². The topological polar surface area (TPSA) is 20.3 Å². The smallest absolute Gasteiger partial charge is 0.166 e. The number of hydrogen-bond donors (Lipinski definition) is 0. The Morgan fingerprint density at radius 1 is 1.00 bits per heavy atom. The second-order valence-corrected chi connectivity index (χ2v) is 6.58. The molecule has 3 heteroatoms. The van der Waals surface area contributed by atoms with Crippen molar-refractivity contribution in [1.82, 2.24) is 4.90 Å². The monoisotopic (exact) mass is 325 g/mol. The zero-order chi connectivity index (χ0) is 16.8. The number of likely N-dealkylation sites (tertiary alicyclic amines) is 1. The number of Topliss-reactive ketones (excluding diaryl/α,β-unsaturated/α-hetero) is 1. The molecule has 0 amide bonds. The van der Waals surface area contributed by atoms with E-state index in [4.69, 9.17) is 0 Å². The van der Waals surface area contributed by atoms with Gasteiger partial charge in [-0.3, -0.25) is 4.79 Å². The quantitative estimate of drug-likeness (QED) is 0.736. The van der Waals surface area contributed by atoms with Crippen molar-refractivity contribution in [1.29, 1.82) is 0 Å². The summed E-state index contributed by atoms with van der Waals surface area (Å²) in [6.45, 7) is 3.05. The third-order valence-corrected chi connectivity index (χ3v) is 4.87. The standard InChI is InChI=1S/C21H24FNO/c22-20-10-8-18(9-11-20)21(24)19-12-15-23(16-13-19)14-4-7-17-5-2-1-3-6-17/h1-3,5-6,8-11,19H,4,7,12-16H2. The molecule has 1 aliphatic heterocycles. The van der Waals surface area contributed by atoms with Crippen LogP contribution in [0.4, 0.5) is 4.39 Å². The summed E-state index contributed by atoms with van der Waals surface area (Å²) in [6.07, 6.45) is 4.07. The van der Waals surface area contributed by atoms with E-state index in [1.165, 1.54) is 17.7 Å². The lowest BCUT2D eigenvalue weighted by Crippen LogP contribution is -2.37. The normalized spacial score (nSPS) is 16.2. The third-order valence-electron chi connectivity index (χ3n) is 4.87. The Kier molecular flexibility index (Phi) is 5.76. The molecule has 0 unspecified atom stereocenters. The van der Waals surface area contributed by atoms with Crippen LogP contribution in [-0.2, 0) is 6.42 Å². The van der Waals surface area contributed by atoms with Gasteiger partial charge in [0.25, 0.3) is 0 Å². The molecule has 0 radical (unpaired) electrons. The zero-order valence-electron chi connectivity index (χ0n) is 14.0. The van der Waals surface area contributed by atoms with Gasteiger partial charge in [0.05, 0.1) is 0 Å². The largest absolute Gasteiger partial charge is 0.303 e. The van der Waals surface area contributed by atoms with E-state index >= 15 is 0 Å². The molecule has 1 aliphatic rings. The number of piperidine rings is 1. The highest BCUT2D eigenvalue weighted by Crippen LogP contribution is 2.22. The summed E-state index contributed by atoms with van der Waals surface area (Å²) in [6, 6.07) is 16.5.